The maximum Gasteiger partial charge on any atom is 0.338 e. The van der Waals surface area contributed by atoms with Crippen LogP contribution in [0.1, 0.15) is 34.1 Å². The van der Waals surface area contributed by atoms with E-state index in [-0.39, 0.29) is 11.5 Å². The third kappa shape index (κ3) is 3.19. The first-order chi connectivity index (χ1) is 9.65. The van der Waals surface area contributed by atoms with E-state index in [9.17, 15) is 9.59 Å². The number of carbonyl (C=O) groups excluding carboxylic acids is 2. The summed E-state index contributed by atoms with van der Waals surface area (Å²) in [5.74, 6) is -0.864. The fraction of sp³-hybridized carbons (Fsp3) is 0.357. The maximum atomic E-state index is 12.2. The Bertz CT molecular complexity index is 557. The van der Waals surface area contributed by atoms with Crippen LogP contribution in [-0.2, 0) is 4.74 Å². The molecule has 1 atom stereocenters. The van der Waals surface area contributed by atoms with Gasteiger partial charge in [-0.05, 0) is 18.6 Å². The molecule has 1 heterocycles. The lowest BCUT2D eigenvalue weighted by Gasteiger charge is -2.09. The molecule has 0 saturated carbocycles. The second kappa shape index (κ2) is 6.56. The van der Waals surface area contributed by atoms with Crippen LogP contribution in [0.3, 0.4) is 0 Å². The minimum absolute atomic E-state index is 0.253. The summed E-state index contributed by atoms with van der Waals surface area (Å²) < 4.78 is 4.68. The van der Waals surface area contributed by atoms with Crippen LogP contribution < -0.4 is 5.32 Å². The van der Waals surface area contributed by atoms with Gasteiger partial charge in [0.15, 0.2) is 5.17 Å². The van der Waals surface area contributed by atoms with E-state index in [0.717, 1.165) is 13.0 Å². The van der Waals surface area contributed by atoms with Gasteiger partial charge in [-0.3, -0.25) is 9.79 Å². The minimum atomic E-state index is -0.525. The molecular formula is C14H16N2O3S. The highest BCUT2D eigenvalue weighted by Gasteiger charge is 2.22. The number of esters is 1. The van der Waals surface area contributed by atoms with Gasteiger partial charge in [-0.1, -0.05) is 30.8 Å². The molecule has 5 nitrogen and oxygen atoms in total. The van der Waals surface area contributed by atoms with Gasteiger partial charge in [-0.25, -0.2) is 4.79 Å². The van der Waals surface area contributed by atoms with Crippen molar-refractivity contribution < 1.29 is 14.3 Å². The predicted octanol–water partition coefficient (Wildman–Crippen LogP) is 2.08. The van der Waals surface area contributed by atoms with Crippen molar-refractivity contribution in [2.45, 2.75) is 18.6 Å². The van der Waals surface area contributed by atoms with Crippen LogP contribution in [0.2, 0.25) is 0 Å². The lowest BCUT2D eigenvalue weighted by atomic mass is 10.1. The van der Waals surface area contributed by atoms with Crippen LogP contribution >= 0.6 is 11.8 Å². The predicted molar refractivity (Wildman–Crippen MR) is 79.2 cm³/mol. The molecule has 0 bridgehead atoms. The molecule has 0 spiro atoms. The quantitative estimate of drug-likeness (QED) is 0.866. The number of methoxy groups -OCH3 is 1. The van der Waals surface area contributed by atoms with Gasteiger partial charge in [-0.15, -0.1) is 0 Å². The normalized spacial score (nSPS) is 17.5. The molecule has 1 aromatic carbocycles. The number of benzene rings is 1. The Kier molecular flexibility index (Phi) is 4.79. The first kappa shape index (κ1) is 14.6. The molecule has 1 aromatic rings. The number of carbonyl (C=O) groups is 2. The Hall–Kier alpha value is -1.82. The van der Waals surface area contributed by atoms with Crippen molar-refractivity contribution in [1.29, 1.82) is 0 Å². The molecule has 6 heteroatoms. The number of amidine groups is 1. The largest absolute Gasteiger partial charge is 0.465 e. The highest BCUT2D eigenvalue weighted by atomic mass is 32.2. The number of nitrogens with one attached hydrogen (secondary N) is 1. The van der Waals surface area contributed by atoms with Gasteiger partial charge >= 0.3 is 5.97 Å². The third-order valence-corrected chi connectivity index (χ3v) is 4.24. The lowest BCUT2D eigenvalue weighted by Crippen LogP contribution is -2.29. The molecule has 2 rings (SSSR count). The van der Waals surface area contributed by atoms with Gasteiger partial charge in [0.2, 0.25) is 0 Å². The molecule has 106 valence electrons. The standard InChI is InChI=1S/C14H16N2O3S/c1-3-9-8-15-14(20-9)16-12(17)10-6-4-5-7-11(10)13(18)19-2/h4-7,9H,3,8H2,1-2H3,(H,15,16,17). The van der Waals surface area contributed by atoms with Crippen LogP contribution in [0.15, 0.2) is 29.3 Å². The fourth-order valence-corrected chi connectivity index (χ4v) is 2.76. The molecule has 1 N–H and O–H groups in total. The SMILES string of the molecule is CCC1CN=C(NC(=O)c2ccccc2C(=O)OC)S1. The summed E-state index contributed by atoms with van der Waals surface area (Å²) in [6.45, 7) is 2.81. The summed E-state index contributed by atoms with van der Waals surface area (Å²) in [6.07, 6.45) is 1.01. The highest BCUT2D eigenvalue weighted by Crippen LogP contribution is 2.22. The first-order valence-electron chi connectivity index (χ1n) is 6.35. The average Bonchev–Trinajstić information content (AvgIpc) is 2.94. The molecule has 1 amide bonds. The van der Waals surface area contributed by atoms with Crippen LogP contribution in [0.4, 0.5) is 0 Å². The van der Waals surface area contributed by atoms with E-state index in [1.165, 1.54) is 7.11 Å². The van der Waals surface area contributed by atoms with E-state index >= 15 is 0 Å². The summed E-state index contributed by atoms with van der Waals surface area (Å²) in [6, 6.07) is 6.57. The van der Waals surface area contributed by atoms with Crippen molar-refractivity contribution in [3.05, 3.63) is 35.4 Å². The molecule has 0 aliphatic carbocycles. The van der Waals surface area contributed by atoms with Crippen molar-refractivity contribution in [1.82, 2.24) is 5.32 Å². The van der Waals surface area contributed by atoms with Gasteiger partial charge in [0.1, 0.15) is 0 Å². The van der Waals surface area contributed by atoms with E-state index < -0.39 is 5.97 Å². The number of thioether (sulfide) groups is 1. The van der Waals surface area contributed by atoms with Gasteiger partial charge in [0, 0.05) is 5.25 Å². The number of hydrogen-bond donors (Lipinski definition) is 1. The molecule has 0 saturated heterocycles. The summed E-state index contributed by atoms with van der Waals surface area (Å²) in [4.78, 5) is 28.1. The number of amides is 1. The molecule has 1 aliphatic rings. The number of nitrogens with zero attached hydrogens (tertiary/aromatic N) is 1. The molecular weight excluding hydrogens is 276 g/mol. The fourth-order valence-electron chi connectivity index (χ4n) is 1.83. The minimum Gasteiger partial charge on any atom is -0.465 e. The molecule has 0 fully saturated rings. The molecule has 1 aliphatic heterocycles. The topological polar surface area (TPSA) is 67.8 Å². The number of rotatable bonds is 3. The highest BCUT2D eigenvalue weighted by molar-refractivity contribution is 8.14. The van der Waals surface area contributed by atoms with Gasteiger partial charge in [0.05, 0.1) is 24.8 Å². The Morgan fingerprint density at radius 2 is 2.10 bits per heavy atom. The molecule has 0 aromatic heterocycles. The number of hydrogen-bond acceptors (Lipinski definition) is 5. The smallest absolute Gasteiger partial charge is 0.338 e. The van der Waals surface area contributed by atoms with Crippen molar-refractivity contribution in [3.63, 3.8) is 0 Å². The number of ether oxygens (including phenoxy) is 1. The zero-order valence-electron chi connectivity index (χ0n) is 11.4. The lowest BCUT2D eigenvalue weighted by molar-refractivity contribution is 0.0596. The Morgan fingerprint density at radius 3 is 2.70 bits per heavy atom. The van der Waals surface area contributed by atoms with Gasteiger partial charge in [0.25, 0.3) is 5.91 Å². The Labute approximate surface area is 121 Å². The summed E-state index contributed by atoms with van der Waals surface area (Å²) in [5.41, 5.74) is 0.547. The van der Waals surface area contributed by atoms with Gasteiger partial charge < -0.3 is 10.1 Å². The van der Waals surface area contributed by atoms with Crippen LogP contribution in [0, 0.1) is 0 Å². The molecule has 20 heavy (non-hydrogen) atoms. The maximum absolute atomic E-state index is 12.2. The zero-order valence-corrected chi connectivity index (χ0v) is 12.2. The first-order valence-corrected chi connectivity index (χ1v) is 7.23. The van der Waals surface area contributed by atoms with Gasteiger partial charge in [-0.2, -0.15) is 0 Å². The van der Waals surface area contributed by atoms with E-state index in [4.69, 9.17) is 0 Å². The van der Waals surface area contributed by atoms with Crippen molar-refractivity contribution in [2.75, 3.05) is 13.7 Å². The van der Waals surface area contributed by atoms with Crippen molar-refractivity contribution in [3.8, 4) is 0 Å². The van der Waals surface area contributed by atoms with Crippen LogP contribution in [0.5, 0.6) is 0 Å². The number of aliphatic imine (C=N–C) groups is 1. The van der Waals surface area contributed by atoms with E-state index in [1.807, 2.05) is 0 Å². The monoisotopic (exact) mass is 292 g/mol. The van der Waals surface area contributed by atoms with E-state index in [0.29, 0.717) is 16.0 Å². The van der Waals surface area contributed by atoms with Crippen LogP contribution in [0.25, 0.3) is 0 Å². The van der Waals surface area contributed by atoms with Crippen LogP contribution in [-0.4, -0.2) is 35.9 Å². The second-order valence-electron chi connectivity index (χ2n) is 4.29. The average molecular weight is 292 g/mol. The van der Waals surface area contributed by atoms with Crippen molar-refractivity contribution >= 4 is 28.8 Å². The summed E-state index contributed by atoms with van der Waals surface area (Å²) in [5, 5.41) is 3.78. The zero-order chi connectivity index (χ0) is 14.5. The Morgan fingerprint density at radius 1 is 1.40 bits per heavy atom. The molecule has 1 unspecified atom stereocenters. The summed E-state index contributed by atoms with van der Waals surface area (Å²) >= 11 is 1.56. The van der Waals surface area contributed by atoms with E-state index in [2.05, 4.69) is 22.0 Å². The van der Waals surface area contributed by atoms with E-state index in [1.54, 1.807) is 36.0 Å². The summed E-state index contributed by atoms with van der Waals surface area (Å²) in [7, 11) is 1.29. The molecule has 0 radical (unpaired) electrons. The third-order valence-electron chi connectivity index (χ3n) is 2.97. The Balaban J connectivity index is 2.12. The second-order valence-corrected chi connectivity index (χ2v) is 5.57. The van der Waals surface area contributed by atoms with Crippen molar-refractivity contribution in [2.24, 2.45) is 4.99 Å².